The Hall–Kier alpha value is -2.43. The van der Waals surface area contributed by atoms with E-state index in [4.69, 9.17) is 0 Å². The number of nitrogens with one attached hydrogen (secondary N) is 1. The van der Waals surface area contributed by atoms with Crippen LogP contribution in [0.25, 0.3) is 0 Å². The lowest BCUT2D eigenvalue weighted by Gasteiger charge is -2.31. The molecule has 1 amide bonds. The molecule has 1 fully saturated rings. The van der Waals surface area contributed by atoms with Crippen molar-refractivity contribution in [2.45, 2.75) is 19.8 Å². The first-order valence-corrected chi connectivity index (χ1v) is 7.62. The summed E-state index contributed by atoms with van der Waals surface area (Å²) in [5.74, 6) is 0.749. The van der Waals surface area contributed by atoms with Crippen molar-refractivity contribution in [3.63, 3.8) is 0 Å². The highest BCUT2D eigenvalue weighted by Crippen LogP contribution is 2.21. The van der Waals surface area contributed by atoms with Crippen LogP contribution in [-0.4, -0.2) is 29.0 Å². The molecule has 0 aliphatic carbocycles. The van der Waals surface area contributed by atoms with Crippen LogP contribution in [0.4, 0.5) is 11.6 Å². The molecule has 1 aliphatic heterocycles. The molecule has 0 saturated carbocycles. The topological polar surface area (TPSA) is 58.1 Å². The van der Waals surface area contributed by atoms with Gasteiger partial charge in [-0.2, -0.15) is 0 Å². The monoisotopic (exact) mass is 296 g/mol. The number of hydrogen-bond acceptors (Lipinski definition) is 4. The van der Waals surface area contributed by atoms with Crippen LogP contribution < -0.4 is 10.2 Å². The minimum atomic E-state index is -0.0288. The molecule has 2 heterocycles. The standard InChI is InChI=1S/C17H20N4O/c1-13-5-7-15(8-6-13)20-16(22)14-4-2-11-21(12-14)17-18-9-3-10-19-17/h3,5-10,14H,2,4,11-12H2,1H3,(H,20,22). The van der Waals surface area contributed by atoms with E-state index in [0.717, 1.165) is 25.1 Å². The third-order valence-electron chi connectivity index (χ3n) is 3.95. The van der Waals surface area contributed by atoms with Crippen LogP contribution in [0.3, 0.4) is 0 Å². The summed E-state index contributed by atoms with van der Waals surface area (Å²) in [5, 5.41) is 3.00. The number of benzene rings is 1. The maximum Gasteiger partial charge on any atom is 0.229 e. The van der Waals surface area contributed by atoms with E-state index in [9.17, 15) is 4.79 Å². The molecule has 3 rings (SSSR count). The molecular weight excluding hydrogens is 276 g/mol. The zero-order valence-corrected chi connectivity index (χ0v) is 12.7. The van der Waals surface area contributed by atoms with Crippen LogP contribution >= 0.6 is 0 Å². The number of amides is 1. The Morgan fingerprint density at radius 1 is 1.23 bits per heavy atom. The lowest BCUT2D eigenvalue weighted by atomic mass is 9.97. The van der Waals surface area contributed by atoms with Gasteiger partial charge in [-0.05, 0) is 38.0 Å². The predicted molar refractivity (Wildman–Crippen MR) is 86.8 cm³/mol. The third-order valence-corrected chi connectivity index (χ3v) is 3.95. The van der Waals surface area contributed by atoms with Gasteiger partial charge in [-0.3, -0.25) is 4.79 Å². The van der Waals surface area contributed by atoms with Crippen LogP contribution in [0.1, 0.15) is 18.4 Å². The molecule has 0 spiro atoms. The van der Waals surface area contributed by atoms with Crippen molar-refractivity contribution in [2.24, 2.45) is 5.92 Å². The lowest BCUT2D eigenvalue weighted by Crippen LogP contribution is -2.41. The van der Waals surface area contributed by atoms with Crippen molar-refractivity contribution >= 4 is 17.5 Å². The van der Waals surface area contributed by atoms with Crippen molar-refractivity contribution in [2.75, 3.05) is 23.3 Å². The Balaban J connectivity index is 1.64. The lowest BCUT2D eigenvalue weighted by molar-refractivity contribution is -0.120. The zero-order chi connectivity index (χ0) is 15.4. The second-order valence-corrected chi connectivity index (χ2v) is 5.69. The Kier molecular flexibility index (Phi) is 4.32. The van der Waals surface area contributed by atoms with Crippen LogP contribution in [0, 0.1) is 12.8 Å². The summed E-state index contributed by atoms with van der Waals surface area (Å²) in [7, 11) is 0. The molecule has 1 aromatic heterocycles. The number of piperidine rings is 1. The number of aromatic nitrogens is 2. The number of carbonyl (C=O) groups is 1. The SMILES string of the molecule is Cc1ccc(NC(=O)C2CCCN(c3ncccn3)C2)cc1. The highest BCUT2D eigenvalue weighted by atomic mass is 16.1. The van der Waals surface area contributed by atoms with Gasteiger partial charge in [-0.1, -0.05) is 17.7 Å². The van der Waals surface area contributed by atoms with E-state index >= 15 is 0 Å². The molecular formula is C17H20N4O. The van der Waals surface area contributed by atoms with Crippen LogP contribution in [0.15, 0.2) is 42.7 Å². The molecule has 22 heavy (non-hydrogen) atoms. The first kappa shape index (κ1) is 14.5. The highest BCUT2D eigenvalue weighted by molar-refractivity contribution is 5.93. The van der Waals surface area contributed by atoms with Gasteiger partial charge in [0.1, 0.15) is 0 Å². The number of carbonyl (C=O) groups excluding carboxylic acids is 1. The molecule has 5 heteroatoms. The first-order valence-electron chi connectivity index (χ1n) is 7.62. The molecule has 1 saturated heterocycles. The average molecular weight is 296 g/mol. The fourth-order valence-corrected chi connectivity index (χ4v) is 2.71. The Labute approximate surface area is 130 Å². The van der Waals surface area contributed by atoms with E-state index in [1.807, 2.05) is 31.2 Å². The van der Waals surface area contributed by atoms with Crippen molar-refractivity contribution in [3.05, 3.63) is 48.3 Å². The van der Waals surface area contributed by atoms with Crippen LogP contribution in [-0.2, 0) is 4.79 Å². The summed E-state index contributed by atoms with van der Waals surface area (Å²) >= 11 is 0. The predicted octanol–water partition coefficient (Wildman–Crippen LogP) is 2.64. The van der Waals surface area contributed by atoms with Gasteiger partial charge in [-0.15, -0.1) is 0 Å². The molecule has 1 unspecified atom stereocenters. The molecule has 2 aromatic rings. The fourth-order valence-electron chi connectivity index (χ4n) is 2.71. The number of aryl methyl sites for hydroxylation is 1. The Morgan fingerprint density at radius 3 is 2.68 bits per heavy atom. The van der Waals surface area contributed by atoms with E-state index in [1.54, 1.807) is 18.5 Å². The molecule has 0 bridgehead atoms. The van der Waals surface area contributed by atoms with E-state index in [1.165, 1.54) is 5.56 Å². The Bertz CT molecular complexity index is 627. The van der Waals surface area contributed by atoms with Gasteiger partial charge in [0.2, 0.25) is 11.9 Å². The maximum atomic E-state index is 12.5. The van der Waals surface area contributed by atoms with Gasteiger partial charge in [-0.25, -0.2) is 9.97 Å². The molecule has 114 valence electrons. The van der Waals surface area contributed by atoms with Crippen LogP contribution in [0.5, 0.6) is 0 Å². The minimum Gasteiger partial charge on any atom is -0.340 e. The normalized spacial score (nSPS) is 18.0. The van der Waals surface area contributed by atoms with Gasteiger partial charge in [0.05, 0.1) is 5.92 Å². The number of anilines is 2. The summed E-state index contributed by atoms with van der Waals surface area (Å²) < 4.78 is 0. The number of nitrogens with zero attached hydrogens (tertiary/aromatic N) is 3. The number of hydrogen-bond donors (Lipinski definition) is 1. The smallest absolute Gasteiger partial charge is 0.229 e. The van der Waals surface area contributed by atoms with E-state index in [0.29, 0.717) is 12.5 Å². The molecule has 5 nitrogen and oxygen atoms in total. The largest absolute Gasteiger partial charge is 0.340 e. The highest BCUT2D eigenvalue weighted by Gasteiger charge is 2.27. The van der Waals surface area contributed by atoms with Gasteiger partial charge in [0.15, 0.2) is 0 Å². The van der Waals surface area contributed by atoms with Gasteiger partial charge in [0, 0.05) is 31.2 Å². The maximum absolute atomic E-state index is 12.5. The summed E-state index contributed by atoms with van der Waals surface area (Å²) in [6.45, 7) is 3.60. The average Bonchev–Trinajstić information content (AvgIpc) is 2.58. The summed E-state index contributed by atoms with van der Waals surface area (Å²) in [6, 6.07) is 9.68. The molecule has 1 N–H and O–H groups in total. The van der Waals surface area contributed by atoms with Crippen LogP contribution in [0.2, 0.25) is 0 Å². The number of rotatable bonds is 3. The second kappa shape index (κ2) is 6.56. The molecule has 1 aliphatic rings. The quantitative estimate of drug-likeness (QED) is 0.946. The second-order valence-electron chi connectivity index (χ2n) is 5.69. The van der Waals surface area contributed by atoms with Gasteiger partial charge < -0.3 is 10.2 Å². The van der Waals surface area contributed by atoms with Crippen molar-refractivity contribution < 1.29 is 4.79 Å². The third kappa shape index (κ3) is 3.42. The van der Waals surface area contributed by atoms with Gasteiger partial charge in [0.25, 0.3) is 0 Å². The fraction of sp³-hybridized carbons (Fsp3) is 0.353. The van der Waals surface area contributed by atoms with E-state index < -0.39 is 0 Å². The minimum absolute atomic E-state index is 0.0288. The van der Waals surface area contributed by atoms with Crippen molar-refractivity contribution in [3.8, 4) is 0 Å². The Morgan fingerprint density at radius 2 is 1.95 bits per heavy atom. The summed E-state index contributed by atoms with van der Waals surface area (Å²) in [4.78, 5) is 23.1. The molecule has 1 atom stereocenters. The zero-order valence-electron chi connectivity index (χ0n) is 12.7. The van der Waals surface area contributed by atoms with E-state index in [2.05, 4.69) is 20.2 Å². The molecule has 1 aromatic carbocycles. The summed E-state index contributed by atoms with van der Waals surface area (Å²) in [5.41, 5.74) is 2.03. The first-order chi connectivity index (χ1) is 10.7. The van der Waals surface area contributed by atoms with Crippen molar-refractivity contribution in [1.29, 1.82) is 0 Å². The molecule has 0 radical (unpaired) electrons. The van der Waals surface area contributed by atoms with Gasteiger partial charge >= 0.3 is 0 Å². The van der Waals surface area contributed by atoms with E-state index in [-0.39, 0.29) is 11.8 Å². The van der Waals surface area contributed by atoms with Crippen molar-refractivity contribution in [1.82, 2.24) is 9.97 Å². The summed E-state index contributed by atoms with van der Waals surface area (Å²) in [6.07, 6.45) is 5.35.